The van der Waals surface area contributed by atoms with Crippen molar-refractivity contribution in [3.8, 4) is 5.75 Å². The van der Waals surface area contributed by atoms with Crippen LogP contribution in [0.1, 0.15) is 34.6 Å². The van der Waals surface area contributed by atoms with Crippen LogP contribution in [0.5, 0.6) is 5.75 Å². The molecule has 0 spiro atoms. The van der Waals surface area contributed by atoms with Crippen LogP contribution in [0, 0.1) is 5.82 Å². The molecule has 1 rings (SSSR count). The van der Waals surface area contributed by atoms with Crippen LogP contribution in [0.25, 0.3) is 0 Å². The number of amides is 3. The van der Waals surface area contributed by atoms with Gasteiger partial charge < -0.3 is 14.8 Å². The first-order valence-electron chi connectivity index (χ1n) is 7.63. The molecule has 0 bridgehead atoms. The van der Waals surface area contributed by atoms with Crippen LogP contribution >= 0.6 is 0 Å². The largest absolute Gasteiger partial charge is 0.476 e. The maximum atomic E-state index is 12.9. The normalized spacial score (nSPS) is 11.4. The van der Waals surface area contributed by atoms with Crippen LogP contribution in [0.2, 0.25) is 0 Å². The summed E-state index contributed by atoms with van der Waals surface area (Å²) in [5.41, 5.74) is -1.90. The van der Waals surface area contributed by atoms with Crippen LogP contribution in [-0.2, 0) is 14.3 Å². The number of esters is 1. The molecule has 2 N–H and O–H groups in total. The molecule has 25 heavy (non-hydrogen) atoms. The average Bonchev–Trinajstić information content (AvgIpc) is 2.44. The van der Waals surface area contributed by atoms with Crippen LogP contribution in [0.15, 0.2) is 24.3 Å². The molecule has 1 aromatic carbocycles. The zero-order chi connectivity index (χ0) is 19.3. The van der Waals surface area contributed by atoms with Crippen molar-refractivity contribution in [3.63, 3.8) is 0 Å². The fraction of sp³-hybridized carbons (Fsp3) is 0.471. The standard InChI is InChI=1S/C17H23FN2O5/c1-16(2,3)20-15(23)19-13(21)10-24-14(22)17(4,5)25-12-8-6-11(18)7-9-12/h6-9H,10H2,1-5H3,(H2,19,20,21,23). The molecule has 0 aromatic heterocycles. The minimum atomic E-state index is -1.40. The van der Waals surface area contributed by atoms with Gasteiger partial charge in [-0.25, -0.2) is 14.0 Å². The van der Waals surface area contributed by atoms with E-state index in [1.807, 2.05) is 0 Å². The highest BCUT2D eigenvalue weighted by molar-refractivity contribution is 5.96. The van der Waals surface area contributed by atoms with E-state index in [0.29, 0.717) is 0 Å². The molecule has 0 saturated heterocycles. The monoisotopic (exact) mass is 354 g/mol. The molecule has 0 aliphatic rings. The number of imide groups is 1. The van der Waals surface area contributed by atoms with Crippen molar-refractivity contribution in [2.24, 2.45) is 0 Å². The lowest BCUT2D eigenvalue weighted by Gasteiger charge is -2.24. The van der Waals surface area contributed by atoms with E-state index < -0.39 is 41.5 Å². The topological polar surface area (TPSA) is 93.7 Å². The first kappa shape index (κ1) is 20.4. The first-order valence-corrected chi connectivity index (χ1v) is 7.63. The van der Waals surface area contributed by atoms with E-state index in [9.17, 15) is 18.8 Å². The van der Waals surface area contributed by atoms with Gasteiger partial charge in [-0.05, 0) is 58.9 Å². The van der Waals surface area contributed by atoms with Crippen molar-refractivity contribution in [2.45, 2.75) is 45.8 Å². The van der Waals surface area contributed by atoms with E-state index in [-0.39, 0.29) is 5.75 Å². The van der Waals surface area contributed by atoms with Gasteiger partial charge in [0.05, 0.1) is 0 Å². The molecule has 1 aromatic rings. The summed E-state index contributed by atoms with van der Waals surface area (Å²) in [5.74, 6) is -1.73. The van der Waals surface area contributed by atoms with E-state index in [2.05, 4.69) is 10.6 Å². The van der Waals surface area contributed by atoms with Gasteiger partial charge in [0.2, 0.25) is 0 Å². The number of halogens is 1. The molecule has 0 unspecified atom stereocenters. The number of carbonyl (C=O) groups excluding carboxylic acids is 3. The summed E-state index contributed by atoms with van der Waals surface area (Å²) in [7, 11) is 0. The summed E-state index contributed by atoms with van der Waals surface area (Å²) in [5, 5.41) is 4.59. The molecule has 8 heteroatoms. The minimum absolute atomic E-state index is 0.275. The summed E-state index contributed by atoms with van der Waals surface area (Å²) >= 11 is 0. The summed E-state index contributed by atoms with van der Waals surface area (Å²) in [6.07, 6.45) is 0. The SMILES string of the molecule is CC(C)(C)NC(=O)NC(=O)COC(=O)C(C)(C)Oc1ccc(F)cc1. The van der Waals surface area contributed by atoms with Gasteiger partial charge >= 0.3 is 12.0 Å². The van der Waals surface area contributed by atoms with Crippen molar-refractivity contribution < 1.29 is 28.2 Å². The Morgan fingerprint density at radius 1 is 1.04 bits per heavy atom. The van der Waals surface area contributed by atoms with Gasteiger partial charge in [0.15, 0.2) is 12.2 Å². The van der Waals surface area contributed by atoms with Crippen LogP contribution in [0.3, 0.4) is 0 Å². The lowest BCUT2D eigenvalue weighted by molar-refractivity contribution is -0.161. The Morgan fingerprint density at radius 3 is 2.12 bits per heavy atom. The van der Waals surface area contributed by atoms with Crippen LogP contribution in [-0.4, -0.2) is 35.7 Å². The van der Waals surface area contributed by atoms with E-state index in [1.54, 1.807) is 20.8 Å². The zero-order valence-corrected chi connectivity index (χ0v) is 14.9. The zero-order valence-electron chi connectivity index (χ0n) is 14.9. The van der Waals surface area contributed by atoms with Crippen molar-refractivity contribution in [1.82, 2.24) is 10.6 Å². The van der Waals surface area contributed by atoms with Crippen LogP contribution < -0.4 is 15.4 Å². The van der Waals surface area contributed by atoms with Gasteiger partial charge in [-0.1, -0.05) is 0 Å². The van der Waals surface area contributed by atoms with Gasteiger partial charge in [-0.3, -0.25) is 10.1 Å². The second kappa shape index (κ2) is 7.96. The maximum absolute atomic E-state index is 12.9. The molecule has 0 aliphatic carbocycles. The fourth-order valence-corrected chi connectivity index (χ4v) is 1.68. The Kier molecular flexibility index (Phi) is 6.49. The Bertz CT molecular complexity index is 635. The van der Waals surface area contributed by atoms with E-state index >= 15 is 0 Å². The van der Waals surface area contributed by atoms with Gasteiger partial charge in [-0.2, -0.15) is 0 Å². The minimum Gasteiger partial charge on any atom is -0.476 e. The lowest BCUT2D eigenvalue weighted by atomic mass is 10.1. The fourth-order valence-electron chi connectivity index (χ4n) is 1.68. The molecule has 0 atom stereocenters. The Labute approximate surface area is 145 Å². The van der Waals surface area contributed by atoms with Gasteiger partial charge in [0, 0.05) is 5.54 Å². The Morgan fingerprint density at radius 2 is 1.60 bits per heavy atom. The van der Waals surface area contributed by atoms with E-state index in [0.717, 1.165) is 0 Å². The van der Waals surface area contributed by atoms with Crippen molar-refractivity contribution in [1.29, 1.82) is 0 Å². The predicted molar refractivity (Wildman–Crippen MR) is 88.5 cm³/mol. The lowest BCUT2D eigenvalue weighted by Crippen LogP contribution is -2.49. The number of ether oxygens (including phenoxy) is 2. The highest BCUT2D eigenvalue weighted by Gasteiger charge is 2.32. The third-order valence-electron chi connectivity index (χ3n) is 2.75. The molecule has 3 amide bonds. The number of urea groups is 1. The van der Waals surface area contributed by atoms with Crippen LogP contribution in [0.4, 0.5) is 9.18 Å². The molecular weight excluding hydrogens is 331 g/mol. The second-order valence-corrected chi connectivity index (χ2v) is 6.89. The predicted octanol–water partition coefficient (Wildman–Crippen LogP) is 2.15. The number of nitrogens with one attached hydrogen (secondary N) is 2. The molecule has 0 aliphatic heterocycles. The average molecular weight is 354 g/mol. The number of rotatable bonds is 5. The molecule has 0 radical (unpaired) electrons. The van der Waals surface area contributed by atoms with Gasteiger partial charge in [0.1, 0.15) is 11.6 Å². The molecule has 7 nitrogen and oxygen atoms in total. The highest BCUT2D eigenvalue weighted by atomic mass is 19.1. The first-order chi connectivity index (χ1) is 11.4. The quantitative estimate of drug-likeness (QED) is 0.790. The van der Waals surface area contributed by atoms with Crippen molar-refractivity contribution in [3.05, 3.63) is 30.1 Å². The summed E-state index contributed by atoms with van der Waals surface area (Å²) in [6, 6.07) is 4.44. The van der Waals surface area contributed by atoms with E-state index in [1.165, 1.54) is 38.1 Å². The summed E-state index contributed by atoms with van der Waals surface area (Å²) in [4.78, 5) is 35.2. The molecule has 0 saturated carbocycles. The number of benzene rings is 1. The summed E-state index contributed by atoms with van der Waals surface area (Å²) < 4.78 is 23.2. The number of carbonyl (C=O) groups is 3. The van der Waals surface area contributed by atoms with Gasteiger partial charge in [-0.15, -0.1) is 0 Å². The number of hydrogen-bond donors (Lipinski definition) is 2. The van der Waals surface area contributed by atoms with Crippen molar-refractivity contribution in [2.75, 3.05) is 6.61 Å². The molecule has 0 heterocycles. The Balaban J connectivity index is 2.50. The molecule has 0 fully saturated rings. The second-order valence-electron chi connectivity index (χ2n) is 6.89. The molecule has 138 valence electrons. The van der Waals surface area contributed by atoms with Crippen molar-refractivity contribution >= 4 is 17.9 Å². The summed E-state index contributed by atoms with van der Waals surface area (Å²) in [6.45, 7) is 7.53. The van der Waals surface area contributed by atoms with Gasteiger partial charge in [0.25, 0.3) is 5.91 Å². The maximum Gasteiger partial charge on any atom is 0.350 e. The third-order valence-corrected chi connectivity index (χ3v) is 2.75. The van der Waals surface area contributed by atoms with E-state index in [4.69, 9.17) is 9.47 Å². The Hall–Kier alpha value is -2.64. The smallest absolute Gasteiger partial charge is 0.350 e. The number of hydrogen-bond acceptors (Lipinski definition) is 5. The highest BCUT2D eigenvalue weighted by Crippen LogP contribution is 2.19. The third kappa shape index (κ3) is 7.65. The molecular formula is C17H23FN2O5.